The van der Waals surface area contributed by atoms with Crippen molar-refractivity contribution in [2.45, 2.75) is 67.0 Å². The summed E-state index contributed by atoms with van der Waals surface area (Å²) in [7, 11) is 0. The molecule has 0 bridgehead atoms. The Morgan fingerprint density at radius 2 is 1.43 bits per heavy atom. The van der Waals surface area contributed by atoms with Crippen LogP contribution in [0.5, 0.6) is 0 Å². The summed E-state index contributed by atoms with van der Waals surface area (Å²) in [5.41, 5.74) is -1.26. The lowest BCUT2D eigenvalue weighted by molar-refractivity contribution is -0.136. The Kier molecular flexibility index (Phi) is 14.3. The van der Waals surface area contributed by atoms with Gasteiger partial charge >= 0.3 is 0 Å². The predicted molar refractivity (Wildman–Crippen MR) is 62.3 cm³/mol. The van der Waals surface area contributed by atoms with Gasteiger partial charge in [-0.25, -0.2) is 0 Å². The van der Waals surface area contributed by atoms with E-state index < -0.39 is 5.60 Å². The molecule has 88 valence electrons. The van der Waals surface area contributed by atoms with Crippen molar-refractivity contribution in [3.63, 3.8) is 0 Å². The second-order valence-electron chi connectivity index (χ2n) is 3.19. The molecule has 14 heavy (non-hydrogen) atoms. The molecule has 0 unspecified atom stereocenters. The Hall–Kier alpha value is -0.570. The van der Waals surface area contributed by atoms with Crippen LogP contribution in [-0.4, -0.2) is 22.7 Å². The van der Waals surface area contributed by atoms with Crippen LogP contribution < -0.4 is 5.32 Å². The predicted octanol–water partition coefficient (Wildman–Crippen LogP) is 2.33. The van der Waals surface area contributed by atoms with Crippen LogP contribution in [0.3, 0.4) is 0 Å². The summed E-state index contributed by atoms with van der Waals surface area (Å²) in [5, 5.41) is 11.7. The van der Waals surface area contributed by atoms with Gasteiger partial charge in [-0.05, 0) is 27.7 Å². The van der Waals surface area contributed by atoms with E-state index in [0.717, 1.165) is 0 Å². The molecule has 3 nitrogen and oxygen atoms in total. The van der Waals surface area contributed by atoms with Crippen molar-refractivity contribution in [2.24, 2.45) is 0 Å². The highest BCUT2D eigenvalue weighted by molar-refractivity contribution is 5.84. The van der Waals surface area contributed by atoms with Crippen LogP contribution in [0.2, 0.25) is 0 Å². The minimum absolute atomic E-state index is 0.0823. The first kappa shape index (κ1) is 19.1. The zero-order valence-corrected chi connectivity index (χ0v) is 10.9. The Morgan fingerprint density at radius 3 is 1.50 bits per heavy atom. The van der Waals surface area contributed by atoms with Crippen molar-refractivity contribution in [1.82, 2.24) is 5.32 Å². The molecule has 0 saturated carbocycles. The van der Waals surface area contributed by atoms with Gasteiger partial charge in [-0.3, -0.25) is 4.79 Å². The van der Waals surface area contributed by atoms with Gasteiger partial charge in [-0.2, -0.15) is 0 Å². The highest BCUT2D eigenvalue weighted by atomic mass is 16.3. The lowest BCUT2D eigenvalue weighted by atomic mass is 10.1. The van der Waals surface area contributed by atoms with E-state index in [0.29, 0.717) is 0 Å². The molecule has 0 aromatic rings. The van der Waals surface area contributed by atoms with Crippen LogP contribution in [0.25, 0.3) is 0 Å². The smallest absolute Gasteiger partial charge is 0.251 e. The van der Waals surface area contributed by atoms with E-state index >= 15 is 0 Å². The van der Waals surface area contributed by atoms with Crippen LogP contribution in [0, 0.1) is 0 Å². The van der Waals surface area contributed by atoms with E-state index in [-0.39, 0.29) is 11.9 Å². The minimum atomic E-state index is -1.26. The number of hydrogen-bond acceptors (Lipinski definition) is 2. The Morgan fingerprint density at radius 1 is 1.14 bits per heavy atom. The van der Waals surface area contributed by atoms with Gasteiger partial charge < -0.3 is 10.4 Å². The van der Waals surface area contributed by atoms with E-state index in [1.54, 1.807) is 0 Å². The van der Waals surface area contributed by atoms with Crippen LogP contribution in [0.15, 0.2) is 0 Å². The summed E-state index contributed by atoms with van der Waals surface area (Å²) in [5.74, 6) is -0.331. The number of carbonyl (C=O) groups is 1. The minimum Gasteiger partial charge on any atom is -0.381 e. The Labute approximate surface area is 88.9 Å². The van der Waals surface area contributed by atoms with E-state index in [2.05, 4.69) is 5.32 Å². The van der Waals surface area contributed by atoms with Gasteiger partial charge in [-0.1, -0.05) is 27.7 Å². The lowest BCUT2D eigenvalue weighted by Gasteiger charge is -2.18. The molecule has 0 aromatic carbocycles. The molecular weight excluding hydrogens is 178 g/mol. The van der Waals surface area contributed by atoms with Crippen molar-refractivity contribution >= 4 is 5.91 Å². The summed E-state index contributed by atoms with van der Waals surface area (Å²) in [6.07, 6.45) is 0. The second-order valence-corrected chi connectivity index (χ2v) is 3.19. The molecule has 0 rings (SSSR count). The van der Waals surface area contributed by atoms with E-state index in [9.17, 15) is 4.79 Å². The van der Waals surface area contributed by atoms with Gasteiger partial charge in [0.2, 0.25) is 0 Å². The number of amides is 1. The number of aliphatic hydroxyl groups is 1. The molecule has 0 aliphatic carbocycles. The SMILES string of the molecule is CC.CC.CC(C)NC(=O)C(C)(C)O. The monoisotopic (exact) mass is 205 g/mol. The van der Waals surface area contributed by atoms with Gasteiger partial charge in [-0.15, -0.1) is 0 Å². The zero-order chi connectivity index (χ0) is 12.4. The molecule has 0 saturated heterocycles. The molecule has 0 aliphatic heterocycles. The lowest BCUT2D eigenvalue weighted by Crippen LogP contribution is -2.44. The molecule has 0 heterocycles. The third-order valence-corrected chi connectivity index (χ3v) is 0.975. The first-order chi connectivity index (χ1) is 6.34. The first-order valence-corrected chi connectivity index (χ1v) is 5.37. The van der Waals surface area contributed by atoms with Gasteiger partial charge in [0, 0.05) is 6.04 Å². The van der Waals surface area contributed by atoms with Crippen molar-refractivity contribution in [3.8, 4) is 0 Å². The van der Waals surface area contributed by atoms with Crippen LogP contribution >= 0.6 is 0 Å². The molecule has 0 aromatic heterocycles. The van der Waals surface area contributed by atoms with Crippen LogP contribution in [0.1, 0.15) is 55.4 Å². The van der Waals surface area contributed by atoms with Crippen molar-refractivity contribution in [1.29, 1.82) is 0 Å². The van der Waals surface area contributed by atoms with Gasteiger partial charge in [0.05, 0.1) is 0 Å². The van der Waals surface area contributed by atoms with Crippen LogP contribution in [-0.2, 0) is 4.79 Å². The van der Waals surface area contributed by atoms with Gasteiger partial charge in [0.15, 0.2) is 0 Å². The average Bonchev–Trinajstić information content (AvgIpc) is 2.09. The zero-order valence-electron chi connectivity index (χ0n) is 10.9. The van der Waals surface area contributed by atoms with Gasteiger partial charge in [0.1, 0.15) is 5.60 Å². The second kappa shape index (κ2) is 10.5. The van der Waals surface area contributed by atoms with E-state index in [1.807, 2.05) is 41.5 Å². The van der Waals surface area contributed by atoms with Crippen molar-refractivity contribution < 1.29 is 9.90 Å². The molecule has 0 fully saturated rings. The van der Waals surface area contributed by atoms with E-state index in [1.165, 1.54) is 13.8 Å². The normalized spacial score (nSPS) is 9.29. The maximum atomic E-state index is 10.9. The fraction of sp³-hybridized carbons (Fsp3) is 0.909. The number of carbonyl (C=O) groups excluding carboxylic acids is 1. The topological polar surface area (TPSA) is 49.3 Å². The largest absolute Gasteiger partial charge is 0.381 e. The summed E-state index contributed by atoms with van der Waals surface area (Å²) >= 11 is 0. The molecule has 1 amide bonds. The maximum Gasteiger partial charge on any atom is 0.251 e. The summed E-state index contributed by atoms with van der Waals surface area (Å²) < 4.78 is 0. The number of nitrogens with one attached hydrogen (secondary N) is 1. The highest BCUT2D eigenvalue weighted by Gasteiger charge is 2.23. The summed E-state index contributed by atoms with van der Waals surface area (Å²) in [4.78, 5) is 10.9. The fourth-order valence-corrected chi connectivity index (χ4v) is 0.439. The third-order valence-electron chi connectivity index (χ3n) is 0.975. The Balaban J connectivity index is -0.000000266. The molecule has 3 heteroatoms. The quantitative estimate of drug-likeness (QED) is 0.727. The summed E-state index contributed by atoms with van der Waals surface area (Å²) in [6.45, 7) is 14.6. The molecular formula is C11H27NO2. The molecule has 0 atom stereocenters. The van der Waals surface area contributed by atoms with E-state index in [4.69, 9.17) is 5.11 Å². The molecule has 0 aliphatic rings. The Bertz CT molecular complexity index is 126. The molecule has 0 radical (unpaired) electrons. The van der Waals surface area contributed by atoms with Crippen molar-refractivity contribution in [3.05, 3.63) is 0 Å². The number of rotatable bonds is 2. The van der Waals surface area contributed by atoms with Crippen molar-refractivity contribution in [2.75, 3.05) is 0 Å². The standard InChI is InChI=1S/C7H15NO2.2C2H6/c1-5(2)8-6(9)7(3,4)10;2*1-2/h5,10H,1-4H3,(H,8,9);2*1-2H3. The molecule has 2 N–H and O–H groups in total. The highest BCUT2D eigenvalue weighted by Crippen LogP contribution is 2.00. The molecule has 0 spiro atoms. The first-order valence-electron chi connectivity index (χ1n) is 5.37. The fourth-order valence-electron chi connectivity index (χ4n) is 0.439. The maximum absolute atomic E-state index is 10.9. The average molecular weight is 205 g/mol. The number of hydrogen-bond donors (Lipinski definition) is 2. The third kappa shape index (κ3) is 14.0. The van der Waals surface area contributed by atoms with Gasteiger partial charge in [0.25, 0.3) is 5.91 Å². The summed E-state index contributed by atoms with van der Waals surface area (Å²) in [6, 6.07) is 0.0823. The van der Waals surface area contributed by atoms with Crippen LogP contribution in [0.4, 0.5) is 0 Å².